The predicted octanol–water partition coefficient (Wildman–Crippen LogP) is 1.59. The van der Waals surface area contributed by atoms with Gasteiger partial charge in [-0.1, -0.05) is 6.42 Å². The normalized spacial score (nSPS) is 28.1. The molecule has 0 aromatic heterocycles. The minimum atomic E-state index is -3.50. The van der Waals surface area contributed by atoms with Crippen molar-refractivity contribution in [2.45, 2.75) is 30.2 Å². The van der Waals surface area contributed by atoms with Gasteiger partial charge in [0.25, 0.3) is 0 Å². The largest absolute Gasteiger partial charge is 0.312 e. The van der Waals surface area contributed by atoms with Crippen LogP contribution in [0, 0.1) is 11.7 Å². The number of halogens is 1. The van der Waals surface area contributed by atoms with Gasteiger partial charge < -0.3 is 5.32 Å². The van der Waals surface area contributed by atoms with Crippen LogP contribution in [0.25, 0.3) is 0 Å². The predicted molar refractivity (Wildman–Crippen MR) is 74.3 cm³/mol. The standard InChI is InChI=1S/C14H19FN2O2S/c15-12-4-6-13(7-5-12)20(18,19)17-9-11-3-1-2-8-16-14(11)10-17/h4-7,11,14,16H,1-3,8-10H2/t11-,14+/m0/s1. The highest BCUT2D eigenvalue weighted by Crippen LogP contribution is 2.29. The third kappa shape index (κ3) is 2.60. The van der Waals surface area contributed by atoms with Crippen LogP contribution in [-0.4, -0.2) is 38.4 Å². The van der Waals surface area contributed by atoms with Crippen molar-refractivity contribution in [2.75, 3.05) is 19.6 Å². The Labute approximate surface area is 119 Å². The highest BCUT2D eigenvalue weighted by atomic mass is 32.2. The quantitative estimate of drug-likeness (QED) is 0.902. The lowest BCUT2D eigenvalue weighted by molar-refractivity contribution is 0.436. The average molecular weight is 298 g/mol. The summed E-state index contributed by atoms with van der Waals surface area (Å²) in [6, 6.07) is 5.32. The molecule has 0 saturated carbocycles. The summed E-state index contributed by atoms with van der Waals surface area (Å²) in [7, 11) is -3.50. The van der Waals surface area contributed by atoms with Crippen molar-refractivity contribution in [3.8, 4) is 0 Å². The molecule has 2 aliphatic rings. The summed E-state index contributed by atoms with van der Waals surface area (Å²) in [6.07, 6.45) is 3.39. The first-order valence-corrected chi connectivity index (χ1v) is 8.50. The molecule has 2 aliphatic heterocycles. The number of rotatable bonds is 2. The van der Waals surface area contributed by atoms with Gasteiger partial charge in [-0.05, 0) is 49.6 Å². The molecule has 4 nitrogen and oxygen atoms in total. The van der Waals surface area contributed by atoms with E-state index in [0.29, 0.717) is 19.0 Å². The van der Waals surface area contributed by atoms with Crippen LogP contribution in [0.15, 0.2) is 29.2 Å². The molecule has 2 heterocycles. The molecule has 0 aliphatic carbocycles. The molecular formula is C14H19FN2O2S. The van der Waals surface area contributed by atoms with Gasteiger partial charge in [-0.3, -0.25) is 0 Å². The molecule has 0 bridgehead atoms. The molecule has 1 aromatic carbocycles. The summed E-state index contributed by atoms with van der Waals surface area (Å²) in [5.74, 6) is -0.0232. The number of hydrogen-bond donors (Lipinski definition) is 1. The van der Waals surface area contributed by atoms with E-state index < -0.39 is 15.8 Å². The Hall–Kier alpha value is -0.980. The van der Waals surface area contributed by atoms with Crippen LogP contribution in [0.1, 0.15) is 19.3 Å². The summed E-state index contributed by atoms with van der Waals surface area (Å²) >= 11 is 0. The Balaban J connectivity index is 1.81. The van der Waals surface area contributed by atoms with Crippen LogP contribution in [0.5, 0.6) is 0 Å². The molecule has 0 unspecified atom stereocenters. The van der Waals surface area contributed by atoms with Gasteiger partial charge in [0.05, 0.1) is 4.90 Å². The minimum absolute atomic E-state index is 0.176. The van der Waals surface area contributed by atoms with Gasteiger partial charge in [0, 0.05) is 19.1 Å². The van der Waals surface area contributed by atoms with Crippen molar-refractivity contribution in [2.24, 2.45) is 5.92 Å². The van der Waals surface area contributed by atoms with Gasteiger partial charge in [0.1, 0.15) is 5.82 Å². The van der Waals surface area contributed by atoms with Crippen LogP contribution in [0.3, 0.4) is 0 Å². The zero-order chi connectivity index (χ0) is 14.2. The van der Waals surface area contributed by atoms with Gasteiger partial charge >= 0.3 is 0 Å². The van der Waals surface area contributed by atoms with E-state index in [1.54, 1.807) is 0 Å². The first kappa shape index (κ1) is 14.0. The molecule has 3 rings (SSSR count). The van der Waals surface area contributed by atoms with Gasteiger partial charge in [-0.15, -0.1) is 0 Å². The number of nitrogens with zero attached hydrogens (tertiary/aromatic N) is 1. The fraction of sp³-hybridized carbons (Fsp3) is 0.571. The molecule has 0 amide bonds. The lowest BCUT2D eigenvalue weighted by Gasteiger charge is -2.17. The van der Waals surface area contributed by atoms with Gasteiger partial charge in [0.2, 0.25) is 10.0 Å². The molecule has 0 spiro atoms. The van der Waals surface area contributed by atoms with Crippen molar-refractivity contribution >= 4 is 10.0 Å². The second kappa shape index (κ2) is 5.42. The number of fused-ring (bicyclic) bond motifs is 1. The lowest BCUT2D eigenvalue weighted by atomic mass is 9.99. The third-order valence-electron chi connectivity index (χ3n) is 4.27. The molecule has 6 heteroatoms. The van der Waals surface area contributed by atoms with Crippen molar-refractivity contribution in [3.05, 3.63) is 30.1 Å². The topological polar surface area (TPSA) is 49.4 Å². The van der Waals surface area contributed by atoms with Crippen LogP contribution >= 0.6 is 0 Å². The molecular weight excluding hydrogens is 279 g/mol. The zero-order valence-corrected chi connectivity index (χ0v) is 12.1. The fourth-order valence-electron chi connectivity index (χ4n) is 3.13. The number of benzene rings is 1. The molecule has 110 valence electrons. The molecule has 2 fully saturated rings. The Bertz CT molecular complexity index is 559. The lowest BCUT2D eigenvalue weighted by Crippen LogP contribution is -2.36. The van der Waals surface area contributed by atoms with Crippen LogP contribution in [-0.2, 0) is 10.0 Å². The SMILES string of the molecule is O=S(=O)(c1ccc(F)cc1)N1C[C@@H]2CCCCN[C@@H]2C1. The highest BCUT2D eigenvalue weighted by molar-refractivity contribution is 7.89. The van der Waals surface area contributed by atoms with Crippen LogP contribution < -0.4 is 5.32 Å². The molecule has 2 saturated heterocycles. The maximum atomic E-state index is 12.9. The summed E-state index contributed by atoms with van der Waals surface area (Å²) in [6.45, 7) is 2.05. The molecule has 2 atom stereocenters. The van der Waals surface area contributed by atoms with Crippen LogP contribution in [0.2, 0.25) is 0 Å². The van der Waals surface area contributed by atoms with E-state index in [9.17, 15) is 12.8 Å². The second-order valence-corrected chi connectivity index (χ2v) is 7.53. The molecule has 20 heavy (non-hydrogen) atoms. The summed E-state index contributed by atoms with van der Waals surface area (Å²) in [5.41, 5.74) is 0. The number of nitrogens with one attached hydrogen (secondary N) is 1. The zero-order valence-electron chi connectivity index (χ0n) is 11.3. The molecule has 0 radical (unpaired) electrons. The van der Waals surface area contributed by atoms with E-state index in [1.807, 2.05) is 0 Å². The Morgan fingerprint density at radius 3 is 2.65 bits per heavy atom. The number of hydrogen-bond acceptors (Lipinski definition) is 3. The number of sulfonamides is 1. The van der Waals surface area contributed by atoms with Crippen molar-refractivity contribution in [3.63, 3.8) is 0 Å². The Kier molecular flexibility index (Phi) is 3.79. The fourth-order valence-corrected chi connectivity index (χ4v) is 4.65. The minimum Gasteiger partial charge on any atom is -0.312 e. The average Bonchev–Trinajstić information content (AvgIpc) is 2.72. The van der Waals surface area contributed by atoms with E-state index in [2.05, 4.69) is 5.32 Å². The second-order valence-electron chi connectivity index (χ2n) is 5.59. The summed E-state index contributed by atoms with van der Waals surface area (Å²) in [4.78, 5) is 0.176. The van der Waals surface area contributed by atoms with Crippen molar-refractivity contribution < 1.29 is 12.8 Å². The monoisotopic (exact) mass is 298 g/mol. The maximum Gasteiger partial charge on any atom is 0.243 e. The van der Waals surface area contributed by atoms with E-state index >= 15 is 0 Å². The van der Waals surface area contributed by atoms with E-state index in [1.165, 1.54) is 28.6 Å². The van der Waals surface area contributed by atoms with Gasteiger partial charge in [0.15, 0.2) is 0 Å². The molecule has 1 N–H and O–H groups in total. The first-order valence-electron chi connectivity index (χ1n) is 7.06. The van der Waals surface area contributed by atoms with Gasteiger partial charge in [-0.2, -0.15) is 4.31 Å². The summed E-state index contributed by atoms with van der Waals surface area (Å²) in [5, 5.41) is 3.44. The maximum absolute atomic E-state index is 12.9. The Morgan fingerprint density at radius 2 is 1.90 bits per heavy atom. The van der Waals surface area contributed by atoms with Crippen LogP contribution in [0.4, 0.5) is 4.39 Å². The smallest absolute Gasteiger partial charge is 0.243 e. The summed E-state index contributed by atoms with van der Waals surface area (Å²) < 4.78 is 39.6. The highest BCUT2D eigenvalue weighted by Gasteiger charge is 2.39. The van der Waals surface area contributed by atoms with Crippen molar-refractivity contribution in [1.29, 1.82) is 0 Å². The van der Waals surface area contributed by atoms with E-state index in [-0.39, 0.29) is 10.9 Å². The Morgan fingerprint density at radius 1 is 1.15 bits per heavy atom. The molecule has 1 aromatic rings. The van der Waals surface area contributed by atoms with Gasteiger partial charge in [-0.25, -0.2) is 12.8 Å². The van der Waals surface area contributed by atoms with E-state index in [0.717, 1.165) is 25.8 Å². The third-order valence-corrected chi connectivity index (χ3v) is 6.11. The van der Waals surface area contributed by atoms with Crippen molar-refractivity contribution in [1.82, 2.24) is 9.62 Å². The first-order chi connectivity index (χ1) is 9.57. The van der Waals surface area contributed by atoms with E-state index in [4.69, 9.17) is 0 Å².